The van der Waals surface area contributed by atoms with Gasteiger partial charge in [-0.3, -0.25) is 0 Å². The maximum absolute atomic E-state index is 8.42. The van der Waals surface area contributed by atoms with Crippen LogP contribution in [0.15, 0.2) is 18.2 Å². The molecule has 1 aliphatic rings. The third-order valence-corrected chi connectivity index (χ3v) is 3.37. The summed E-state index contributed by atoms with van der Waals surface area (Å²) in [5.41, 5.74) is 0. The molecule has 1 aromatic heterocycles. The highest BCUT2D eigenvalue weighted by Gasteiger charge is 2.12. The van der Waals surface area contributed by atoms with Crippen molar-refractivity contribution in [3.8, 4) is 6.07 Å². The minimum Gasteiger partial charge on any atom is -0.378 e. The topological polar surface area (TPSA) is 36.3 Å². The monoisotopic (exact) mass is 220 g/mol. The smallest absolute Gasteiger partial charge is 0.0916 e. The van der Waals surface area contributed by atoms with Gasteiger partial charge < -0.3 is 9.64 Å². The van der Waals surface area contributed by atoms with Crippen molar-refractivity contribution < 1.29 is 4.74 Å². The van der Waals surface area contributed by atoms with Gasteiger partial charge in [0.15, 0.2) is 0 Å². The van der Waals surface area contributed by atoms with Gasteiger partial charge in [0.05, 0.1) is 24.3 Å². The van der Waals surface area contributed by atoms with E-state index in [1.165, 1.54) is 11.1 Å². The second-order valence-corrected chi connectivity index (χ2v) is 4.33. The van der Waals surface area contributed by atoms with Crippen molar-refractivity contribution in [1.82, 2.24) is 0 Å². The fourth-order valence-electron chi connectivity index (χ4n) is 1.50. The molecule has 0 unspecified atom stereocenters. The van der Waals surface area contributed by atoms with E-state index < -0.39 is 0 Å². The minimum atomic E-state index is 0.807. The van der Waals surface area contributed by atoms with Gasteiger partial charge in [0.2, 0.25) is 0 Å². The first-order valence-corrected chi connectivity index (χ1v) is 5.70. The molecule has 4 heteroatoms. The molecule has 0 saturated carbocycles. The number of rotatable bonds is 2. The molecule has 0 amide bonds. The van der Waals surface area contributed by atoms with Crippen LogP contribution in [0.1, 0.15) is 4.88 Å². The molecule has 0 radical (unpaired) electrons. The number of nitriles is 1. The van der Waals surface area contributed by atoms with Crippen LogP contribution in [0.5, 0.6) is 0 Å². The summed E-state index contributed by atoms with van der Waals surface area (Å²) in [5, 5.41) is 9.68. The molecule has 1 fully saturated rings. The van der Waals surface area contributed by atoms with Gasteiger partial charge in [0, 0.05) is 24.0 Å². The largest absolute Gasteiger partial charge is 0.378 e. The van der Waals surface area contributed by atoms with Gasteiger partial charge in [-0.05, 0) is 18.2 Å². The molecule has 0 aromatic carbocycles. The molecule has 0 atom stereocenters. The Balaban J connectivity index is 2.06. The fraction of sp³-hybridized carbons (Fsp3) is 0.364. The number of hydrogen-bond acceptors (Lipinski definition) is 4. The average Bonchev–Trinajstić information content (AvgIpc) is 2.76. The molecule has 0 N–H and O–H groups in total. The normalized spacial score (nSPS) is 16.9. The first kappa shape index (κ1) is 10.2. The van der Waals surface area contributed by atoms with Crippen molar-refractivity contribution in [2.75, 3.05) is 31.2 Å². The fourth-order valence-corrected chi connectivity index (χ4v) is 2.47. The summed E-state index contributed by atoms with van der Waals surface area (Å²) < 4.78 is 5.30. The standard InChI is InChI=1S/C11H12N2OS/c12-5-1-2-10-3-4-11(15-10)13-6-8-14-9-7-13/h1-4H,6-9H2. The third kappa shape index (κ3) is 2.58. The Morgan fingerprint density at radius 1 is 1.40 bits per heavy atom. The van der Waals surface area contributed by atoms with Gasteiger partial charge in [0.25, 0.3) is 0 Å². The van der Waals surface area contributed by atoms with Gasteiger partial charge in [-0.15, -0.1) is 11.3 Å². The van der Waals surface area contributed by atoms with Crippen LogP contribution in [0.2, 0.25) is 0 Å². The van der Waals surface area contributed by atoms with E-state index in [1.54, 1.807) is 11.3 Å². The third-order valence-electron chi connectivity index (χ3n) is 2.26. The van der Waals surface area contributed by atoms with Crippen LogP contribution < -0.4 is 4.90 Å². The lowest BCUT2D eigenvalue weighted by atomic mass is 10.4. The molecule has 1 aromatic rings. The number of anilines is 1. The predicted molar refractivity (Wildman–Crippen MR) is 62.0 cm³/mol. The van der Waals surface area contributed by atoms with Crippen LogP contribution in [0.3, 0.4) is 0 Å². The van der Waals surface area contributed by atoms with Gasteiger partial charge in [-0.25, -0.2) is 0 Å². The molecular formula is C11H12N2OS. The predicted octanol–water partition coefficient (Wildman–Crippen LogP) is 2.12. The molecule has 78 valence electrons. The van der Waals surface area contributed by atoms with Crippen LogP contribution >= 0.6 is 11.3 Å². The number of allylic oxidation sites excluding steroid dienone is 1. The van der Waals surface area contributed by atoms with Crippen LogP contribution in [0, 0.1) is 11.3 Å². The van der Waals surface area contributed by atoms with Gasteiger partial charge >= 0.3 is 0 Å². The number of nitrogens with zero attached hydrogens (tertiary/aromatic N) is 2. The first-order valence-electron chi connectivity index (χ1n) is 4.89. The molecule has 0 aliphatic carbocycles. The van der Waals surface area contributed by atoms with Crippen molar-refractivity contribution in [3.63, 3.8) is 0 Å². The van der Waals surface area contributed by atoms with Gasteiger partial charge in [0.1, 0.15) is 0 Å². The Bertz CT molecular complexity index is 386. The van der Waals surface area contributed by atoms with Crippen LogP contribution in [0.4, 0.5) is 5.00 Å². The highest BCUT2D eigenvalue weighted by molar-refractivity contribution is 7.16. The molecule has 0 spiro atoms. The summed E-state index contributed by atoms with van der Waals surface area (Å²) in [4.78, 5) is 3.44. The zero-order chi connectivity index (χ0) is 10.5. The summed E-state index contributed by atoms with van der Waals surface area (Å²) in [6, 6.07) is 6.15. The Morgan fingerprint density at radius 2 is 2.20 bits per heavy atom. The van der Waals surface area contributed by atoms with Crippen molar-refractivity contribution in [3.05, 3.63) is 23.1 Å². The average molecular weight is 220 g/mol. The maximum atomic E-state index is 8.42. The van der Waals surface area contributed by atoms with E-state index in [-0.39, 0.29) is 0 Å². The zero-order valence-electron chi connectivity index (χ0n) is 8.35. The van der Waals surface area contributed by atoms with E-state index in [0.717, 1.165) is 31.2 Å². The number of hydrogen-bond donors (Lipinski definition) is 0. The molecule has 1 aliphatic heterocycles. The summed E-state index contributed by atoms with van der Waals surface area (Å²) in [6.07, 6.45) is 3.35. The molecular weight excluding hydrogens is 208 g/mol. The van der Waals surface area contributed by atoms with Crippen LogP contribution in [-0.4, -0.2) is 26.3 Å². The zero-order valence-corrected chi connectivity index (χ0v) is 9.17. The lowest BCUT2D eigenvalue weighted by Gasteiger charge is -2.27. The van der Waals surface area contributed by atoms with E-state index in [9.17, 15) is 0 Å². The minimum absolute atomic E-state index is 0.807. The number of morpholine rings is 1. The quantitative estimate of drug-likeness (QED) is 0.716. The Hall–Kier alpha value is -1.31. The lowest BCUT2D eigenvalue weighted by molar-refractivity contribution is 0.123. The number of thiophene rings is 1. The SMILES string of the molecule is N#CC=Cc1ccc(N2CCOCC2)s1. The molecule has 2 heterocycles. The lowest BCUT2D eigenvalue weighted by Crippen LogP contribution is -2.35. The van der Waals surface area contributed by atoms with Crippen LogP contribution in [-0.2, 0) is 4.74 Å². The van der Waals surface area contributed by atoms with E-state index in [0.29, 0.717) is 0 Å². The Kier molecular flexibility index (Phi) is 3.38. The number of ether oxygens (including phenoxy) is 1. The molecule has 3 nitrogen and oxygen atoms in total. The van der Waals surface area contributed by atoms with E-state index in [2.05, 4.69) is 11.0 Å². The van der Waals surface area contributed by atoms with E-state index >= 15 is 0 Å². The summed E-state index contributed by atoms with van der Waals surface area (Å²) in [6.45, 7) is 3.53. The second-order valence-electron chi connectivity index (χ2n) is 3.24. The van der Waals surface area contributed by atoms with Crippen molar-refractivity contribution >= 4 is 22.4 Å². The second kappa shape index (κ2) is 4.96. The van der Waals surface area contributed by atoms with E-state index in [4.69, 9.17) is 10.00 Å². The van der Waals surface area contributed by atoms with Crippen molar-refractivity contribution in [1.29, 1.82) is 5.26 Å². The Labute approximate surface area is 93.2 Å². The van der Waals surface area contributed by atoms with Gasteiger partial charge in [-0.1, -0.05) is 0 Å². The maximum Gasteiger partial charge on any atom is 0.0916 e. The highest BCUT2D eigenvalue weighted by Crippen LogP contribution is 2.27. The highest BCUT2D eigenvalue weighted by atomic mass is 32.1. The molecule has 0 bridgehead atoms. The summed E-state index contributed by atoms with van der Waals surface area (Å²) >= 11 is 1.71. The summed E-state index contributed by atoms with van der Waals surface area (Å²) in [5.74, 6) is 0. The van der Waals surface area contributed by atoms with E-state index in [1.807, 2.05) is 18.2 Å². The van der Waals surface area contributed by atoms with Gasteiger partial charge in [-0.2, -0.15) is 5.26 Å². The Morgan fingerprint density at radius 3 is 2.93 bits per heavy atom. The first-order chi connectivity index (χ1) is 7.40. The van der Waals surface area contributed by atoms with Crippen LogP contribution in [0.25, 0.3) is 6.08 Å². The molecule has 15 heavy (non-hydrogen) atoms. The van der Waals surface area contributed by atoms with Crippen molar-refractivity contribution in [2.24, 2.45) is 0 Å². The van der Waals surface area contributed by atoms with Crippen molar-refractivity contribution in [2.45, 2.75) is 0 Å². The molecule has 2 rings (SSSR count). The molecule has 1 saturated heterocycles. The summed E-state index contributed by atoms with van der Waals surface area (Å²) in [7, 11) is 0.